The molecule has 21 heavy (non-hydrogen) atoms. The molecule has 3 N–H and O–H groups in total. The van der Waals surface area contributed by atoms with Gasteiger partial charge < -0.3 is 0 Å². The highest BCUT2D eigenvalue weighted by molar-refractivity contribution is 7.11. The number of rotatable bonds is 4. The Morgan fingerprint density at radius 2 is 2.10 bits per heavy atom. The number of thiazole rings is 1. The van der Waals surface area contributed by atoms with Gasteiger partial charge in [-0.05, 0) is 19.9 Å². The Bertz CT molecular complexity index is 774. The summed E-state index contributed by atoms with van der Waals surface area (Å²) in [6.45, 7) is 4.05. The van der Waals surface area contributed by atoms with Crippen molar-refractivity contribution in [1.82, 2.24) is 20.2 Å². The summed E-state index contributed by atoms with van der Waals surface area (Å²) in [5.74, 6) is 5.78. The molecule has 1 atom stereocenters. The maximum absolute atomic E-state index is 5.78. The van der Waals surface area contributed by atoms with E-state index in [0.717, 1.165) is 28.3 Å². The van der Waals surface area contributed by atoms with Gasteiger partial charge in [0.25, 0.3) is 0 Å². The molecule has 6 heteroatoms. The van der Waals surface area contributed by atoms with Crippen LogP contribution in [0, 0.1) is 13.8 Å². The smallest absolute Gasteiger partial charge is 0.0900 e. The van der Waals surface area contributed by atoms with Gasteiger partial charge >= 0.3 is 0 Å². The van der Waals surface area contributed by atoms with Crippen LogP contribution in [0.3, 0.4) is 0 Å². The van der Waals surface area contributed by atoms with Gasteiger partial charge in [0.2, 0.25) is 0 Å². The Labute approximate surface area is 127 Å². The quantitative estimate of drug-likeness (QED) is 0.573. The zero-order valence-electron chi connectivity index (χ0n) is 12.4. The van der Waals surface area contributed by atoms with Gasteiger partial charge in [-0.3, -0.25) is 16.0 Å². The van der Waals surface area contributed by atoms with Gasteiger partial charge in [0.1, 0.15) is 0 Å². The lowest BCUT2D eigenvalue weighted by molar-refractivity contribution is 0.548. The van der Waals surface area contributed by atoms with Crippen molar-refractivity contribution in [2.24, 2.45) is 12.9 Å². The van der Waals surface area contributed by atoms with Crippen molar-refractivity contribution in [2.45, 2.75) is 26.3 Å². The molecule has 1 aromatic carbocycles. The van der Waals surface area contributed by atoms with Crippen molar-refractivity contribution in [1.29, 1.82) is 0 Å². The third-order valence-corrected chi connectivity index (χ3v) is 4.88. The van der Waals surface area contributed by atoms with Crippen molar-refractivity contribution in [3.63, 3.8) is 0 Å². The molecule has 0 fully saturated rings. The molecular weight excluding hydrogens is 282 g/mol. The Kier molecular flexibility index (Phi) is 3.75. The maximum atomic E-state index is 5.78. The number of hydrogen-bond donors (Lipinski definition) is 2. The van der Waals surface area contributed by atoms with Gasteiger partial charge in [-0.15, -0.1) is 11.3 Å². The highest BCUT2D eigenvalue weighted by Gasteiger charge is 2.19. The molecule has 0 aliphatic rings. The third kappa shape index (κ3) is 2.57. The Hall–Kier alpha value is -1.76. The van der Waals surface area contributed by atoms with Gasteiger partial charge in [0, 0.05) is 23.7 Å². The van der Waals surface area contributed by atoms with Gasteiger partial charge in [0.15, 0.2) is 0 Å². The first kappa shape index (κ1) is 14.2. The molecule has 0 amide bonds. The molecule has 0 radical (unpaired) electrons. The van der Waals surface area contributed by atoms with E-state index in [2.05, 4.69) is 27.6 Å². The minimum absolute atomic E-state index is 0.0366. The summed E-state index contributed by atoms with van der Waals surface area (Å²) in [7, 11) is 1.97. The summed E-state index contributed by atoms with van der Waals surface area (Å²) >= 11 is 1.69. The molecule has 0 bridgehead atoms. The van der Waals surface area contributed by atoms with Gasteiger partial charge in [-0.25, -0.2) is 4.98 Å². The van der Waals surface area contributed by atoms with E-state index < -0.39 is 0 Å². The first-order valence-electron chi connectivity index (χ1n) is 6.91. The predicted octanol–water partition coefficient (Wildman–Crippen LogP) is 2.39. The molecule has 0 aliphatic carbocycles. The number of fused-ring (bicyclic) bond motifs is 1. The first-order valence-corrected chi connectivity index (χ1v) is 7.72. The largest absolute Gasteiger partial charge is 0.271 e. The van der Waals surface area contributed by atoms with E-state index in [1.54, 1.807) is 11.3 Å². The first-order chi connectivity index (χ1) is 10.1. The maximum Gasteiger partial charge on any atom is 0.0900 e. The van der Waals surface area contributed by atoms with E-state index in [1.165, 1.54) is 10.3 Å². The Balaban J connectivity index is 1.98. The summed E-state index contributed by atoms with van der Waals surface area (Å²) in [5.41, 5.74) is 6.15. The van der Waals surface area contributed by atoms with E-state index in [1.807, 2.05) is 37.7 Å². The van der Waals surface area contributed by atoms with Crippen molar-refractivity contribution in [2.75, 3.05) is 0 Å². The zero-order chi connectivity index (χ0) is 15.0. The predicted molar refractivity (Wildman–Crippen MR) is 86.1 cm³/mol. The fraction of sp³-hybridized carbons (Fsp3) is 0.333. The van der Waals surface area contributed by atoms with Crippen LogP contribution in [0.4, 0.5) is 0 Å². The number of hydrogen-bond acceptors (Lipinski definition) is 5. The highest BCUT2D eigenvalue weighted by atomic mass is 32.1. The molecular formula is C15H19N5S. The molecule has 3 aromatic rings. The Morgan fingerprint density at radius 3 is 2.76 bits per heavy atom. The van der Waals surface area contributed by atoms with E-state index in [-0.39, 0.29) is 6.04 Å². The second-order valence-corrected chi connectivity index (χ2v) is 6.43. The minimum atomic E-state index is 0.0366. The van der Waals surface area contributed by atoms with Crippen LogP contribution in [-0.4, -0.2) is 14.8 Å². The standard InChI is InChI=1S/C15H19N5S/c1-9-15(21-10(2)17-9)13(18-16)8-12-11-6-4-5-7-14(11)20(3)19-12/h4-7,13,18H,8,16H2,1-3H3. The van der Waals surface area contributed by atoms with Crippen LogP contribution in [0.25, 0.3) is 10.9 Å². The normalized spacial score (nSPS) is 13.0. The van der Waals surface area contributed by atoms with Crippen LogP contribution in [0.1, 0.15) is 27.3 Å². The van der Waals surface area contributed by atoms with Crippen molar-refractivity contribution in [3.8, 4) is 0 Å². The number of benzene rings is 1. The van der Waals surface area contributed by atoms with Gasteiger partial charge in [0.05, 0.1) is 28.0 Å². The minimum Gasteiger partial charge on any atom is -0.271 e. The van der Waals surface area contributed by atoms with Crippen molar-refractivity contribution < 1.29 is 0 Å². The van der Waals surface area contributed by atoms with Crippen LogP contribution in [-0.2, 0) is 13.5 Å². The number of hydrazine groups is 1. The lowest BCUT2D eigenvalue weighted by atomic mass is 10.1. The van der Waals surface area contributed by atoms with Gasteiger partial charge in [-0.2, -0.15) is 5.10 Å². The molecule has 0 aliphatic heterocycles. The number of para-hydroxylation sites is 1. The lowest BCUT2D eigenvalue weighted by Gasteiger charge is -2.13. The third-order valence-electron chi connectivity index (χ3n) is 3.69. The fourth-order valence-corrected chi connectivity index (χ4v) is 3.72. The zero-order valence-corrected chi connectivity index (χ0v) is 13.2. The van der Waals surface area contributed by atoms with Crippen LogP contribution < -0.4 is 11.3 Å². The number of aryl methyl sites for hydroxylation is 3. The topological polar surface area (TPSA) is 68.8 Å². The van der Waals surface area contributed by atoms with Crippen LogP contribution >= 0.6 is 11.3 Å². The molecule has 1 unspecified atom stereocenters. The molecule has 5 nitrogen and oxygen atoms in total. The summed E-state index contributed by atoms with van der Waals surface area (Å²) < 4.78 is 1.92. The summed E-state index contributed by atoms with van der Waals surface area (Å²) in [5, 5.41) is 6.89. The lowest BCUT2D eigenvalue weighted by Crippen LogP contribution is -2.29. The average Bonchev–Trinajstić information content (AvgIpc) is 2.97. The van der Waals surface area contributed by atoms with Crippen molar-refractivity contribution >= 4 is 22.2 Å². The number of nitrogens with two attached hydrogens (primary N) is 1. The second-order valence-electron chi connectivity index (χ2n) is 5.19. The fourth-order valence-electron chi connectivity index (χ4n) is 2.73. The molecule has 2 aromatic heterocycles. The molecule has 0 saturated carbocycles. The summed E-state index contributed by atoms with van der Waals surface area (Å²) in [6, 6.07) is 8.30. The van der Waals surface area contributed by atoms with E-state index in [4.69, 9.17) is 5.84 Å². The number of nitrogens with one attached hydrogen (secondary N) is 1. The highest BCUT2D eigenvalue weighted by Crippen LogP contribution is 2.28. The molecule has 3 rings (SSSR count). The molecule has 110 valence electrons. The number of aromatic nitrogens is 3. The van der Waals surface area contributed by atoms with E-state index >= 15 is 0 Å². The van der Waals surface area contributed by atoms with Gasteiger partial charge in [-0.1, -0.05) is 18.2 Å². The average molecular weight is 301 g/mol. The second kappa shape index (κ2) is 5.55. The van der Waals surface area contributed by atoms with Crippen molar-refractivity contribution in [3.05, 3.63) is 45.5 Å². The molecule has 0 saturated heterocycles. The number of nitrogens with zero attached hydrogens (tertiary/aromatic N) is 3. The molecule has 2 heterocycles. The SMILES string of the molecule is Cc1nc(C)c(C(Cc2nn(C)c3ccccc23)NN)s1. The van der Waals surface area contributed by atoms with Crippen LogP contribution in [0.2, 0.25) is 0 Å². The summed E-state index contributed by atoms with van der Waals surface area (Å²) in [6.07, 6.45) is 0.750. The van der Waals surface area contributed by atoms with Crippen LogP contribution in [0.15, 0.2) is 24.3 Å². The van der Waals surface area contributed by atoms with E-state index in [9.17, 15) is 0 Å². The molecule has 0 spiro atoms. The monoisotopic (exact) mass is 301 g/mol. The van der Waals surface area contributed by atoms with E-state index in [0.29, 0.717) is 0 Å². The van der Waals surface area contributed by atoms with Crippen LogP contribution in [0.5, 0.6) is 0 Å². The Morgan fingerprint density at radius 1 is 1.33 bits per heavy atom. The summed E-state index contributed by atoms with van der Waals surface area (Å²) in [4.78, 5) is 5.67.